The van der Waals surface area contributed by atoms with Crippen LogP contribution in [0.5, 0.6) is 5.75 Å². The summed E-state index contributed by atoms with van der Waals surface area (Å²) in [4.78, 5) is 12.7. The number of rotatable bonds is 11. The van der Waals surface area contributed by atoms with Crippen LogP contribution < -0.4 is 10.6 Å². The third-order valence-corrected chi connectivity index (χ3v) is 5.55. The minimum Gasteiger partial charge on any atom is -0.508 e. The van der Waals surface area contributed by atoms with Gasteiger partial charge < -0.3 is 20.8 Å². The van der Waals surface area contributed by atoms with Gasteiger partial charge in [0.15, 0.2) is 0 Å². The van der Waals surface area contributed by atoms with E-state index in [1.165, 1.54) is 29.8 Å². The molecule has 0 bridgehead atoms. The van der Waals surface area contributed by atoms with E-state index in [0.717, 1.165) is 18.1 Å². The molecule has 3 aromatic rings. The van der Waals surface area contributed by atoms with Crippen LogP contribution in [0.4, 0.5) is 8.78 Å². The van der Waals surface area contributed by atoms with Crippen molar-refractivity contribution >= 4 is 5.91 Å². The number of benzene rings is 3. The number of carbonyl (C=O) groups excluding carboxylic acids is 1. The predicted molar refractivity (Wildman–Crippen MR) is 127 cm³/mol. The normalized spacial score (nSPS) is 12.8. The molecular weight excluding hydrogens is 438 g/mol. The monoisotopic (exact) mass is 468 g/mol. The zero-order chi connectivity index (χ0) is 24.5. The molecule has 0 heterocycles. The third kappa shape index (κ3) is 7.93. The van der Waals surface area contributed by atoms with Gasteiger partial charge in [-0.3, -0.25) is 4.79 Å². The Morgan fingerprint density at radius 2 is 1.59 bits per heavy atom. The average Bonchev–Trinajstić information content (AvgIpc) is 2.78. The second-order valence-corrected chi connectivity index (χ2v) is 8.37. The SMILES string of the molecule is CCc1cccc(CNC[C@H](O)[C@H](Cc2cc(F)cc(F)c2)NC(=O)Cc2cccc(O)c2)c1. The molecule has 0 radical (unpaired) electrons. The standard InChI is InChI=1S/C27H30F2N2O3/c1-2-18-5-3-7-20(9-18)16-30-17-26(33)25(13-21-10-22(28)15-23(29)11-21)31-27(34)14-19-6-4-8-24(32)12-19/h3-12,15,25-26,30,32-33H,2,13-14,16-17H2,1H3,(H,31,34)/t25-,26-/m0/s1. The van der Waals surface area contributed by atoms with Crippen LogP contribution in [0.2, 0.25) is 0 Å². The highest BCUT2D eigenvalue weighted by Crippen LogP contribution is 2.14. The highest BCUT2D eigenvalue weighted by molar-refractivity contribution is 5.79. The van der Waals surface area contributed by atoms with Crippen LogP contribution >= 0.6 is 0 Å². The third-order valence-electron chi connectivity index (χ3n) is 5.55. The molecule has 0 saturated carbocycles. The maximum absolute atomic E-state index is 13.7. The summed E-state index contributed by atoms with van der Waals surface area (Å²) in [6, 6.07) is 16.8. The van der Waals surface area contributed by atoms with Crippen LogP contribution in [0.1, 0.15) is 29.2 Å². The van der Waals surface area contributed by atoms with Gasteiger partial charge in [-0.25, -0.2) is 8.78 Å². The Kier molecular flexibility index (Phi) is 9.13. The number of hydrogen-bond acceptors (Lipinski definition) is 4. The quantitative estimate of drug-likeness (QED) is 0.346. The Morgan fingerprint density at radius 3 is 2.29 bits per heavy atom. The summed E-state index contributed by atoms with van der Waals surface area (Å²) in [6.45, 7) is 2.78. The number of phenolic OH excluding ortho intramolecular Hbond substituents is 1. The second kappa shape index (κ2) is 12.3. The number of aryl methyl sites for hydroxylation is 1. The maximum Gasteiger partial charge on any atom is 0.224 e. The Labute approximate surface area is 198 Å². The highest BCUT2D eigenvalue weighted by atomic mass is 19.1. The molecule has 0 spiro atoms. The number of nitrogens with one attached hydrogen (secondary N) is 2. The van der Waals surface area contributed by atoms with Gasteiger partial charge in [0.1, 0.15) is 17.4 Å². The van der Waals surface area contributed by atoms with E-state index >= 15 is 0 Å². The topological polar surface area (TPSA) is 81.6 Å². The molecule has 180 valence electrons. The molecule has 0 saturated heterocycles. The molecule has 2 atom stereocenters. The van der Waals surface area contributed by atoms with Gasteiger partial charge in [0.2, 0.25) is 5.91 Å². The first-order valence-electron chi connectivity index (χ1n) is 11.3. The lowest BCUT2D eigenvalue weighted by atomic mass is 10.00. The largest absolute Gasteiger partial charge is 0.508 e. The fourth-order valence-electron chi connectivity index (χ4n) is 3.84. The van der Waals surface area contributed by atoms with Gasteiger partial charge in [-0.05, 0) is 59.4 Å². The van der Waals surface area contributed by atoms with Gasteiger partial charge in [-0.2, -0.15) is 0 Å². The number of aliphatic hydroxyl groups is 1. The van der Waals surface area contributed by atoms with Crippen molar-refractivity contribution in [2.24, 2.45) is 0 Å². The molecule has 0 aliphatic rings. The number of hydrogen-bond donors (Lipinski definition) is 4. The van der Waals surface area contributed by atoms with Crippen molar-refractivity contribution in [2.75, 3.05) is 6.54 Å². The number of amides is 1. The van der Waals surface area contributed by atoms with E-state index in [2.05, 4.69) is 29.7 Å². The fourth-order valence-corrected chi connectivity index (χ4v) is 3.84. The zero-order valence-electron chi connectivity index (χ0n) is 19.1. The first kappa shape index (κ1) is 25.3. The lowest BCUT2D eigenvalue weighted by Crippen LogP contribution is -2.49. The molecule has 5 nitrogen and oxygen atoms in total. The minimum absolute atomic E-state index is 0.00757. The summed E-state index contributed by atoms with van der Waals surface area (Å²) in [5.41, 5.74) is 3.22. The maximum atomic E-state index is 13.7. The minimum atomic E-state index is -1.01. The zero-order valence-corrected chi connectivity index (χ0v) is 19.1. The Morgan fingerprint density at radius 1 is 0.912 bits per heavy atom. The van der Waals surface area contributed by atoms with E-state index in [4.69, 9.17) is 0 Å². The van der Waals surface area contributed by atoms with E-state index in [0.29, 0.717) is 17.7 Å². The van der Waals surface area contributed by atoms with Gasteiger partial charge in [0.05, 0.1) is 18.6 Å². The van der Waals surface area contributed by atoms with Crippen LogP contribution in [-0.2, 0) is 30.6 Å². The second-order valence-electron chi connectivity index (χ2n) is 8.37. The van der Waals surface area contributed by atoms with E-state index in [-0.39, 0.29) is 31.0 Å². The molecular formula is C27H30F2N2O3. The number of aliphatic hydroxyl groups excluding tert-OH is 1. The number of carbonyl (C=O) groups is 1. The number of aromatic hydroxyl groups is 1. The summed E-state index contributed by atoms with van der Waals surface area (Å²) in [6.07, 6.45) is -0.0385. The molecule has 0 aromatic heterocycles. The predicted octanol–water partition coefficient (Wildman–Crippen LogP) is 3.65. The van der Waals surface area contributed by atoms with Gasteiger partial charge in [-0.15, -0.1) is 0 Å². The van der Waals surface area contributed by atoms with Crippen molar-refractivity contribution in [1.82, 2.24) is 10.6 Å². The summed E-state index contributed by atoms with van der Waals surface area (Å²) < 4.78 is 27.4. The van der Waals surface area contributed by atoms with E-state index < -0.39 is 23.8 Å². The van der Waals surface area contributed by atoms with Crippen LogP contribution in [0.25, 0.3) is 0 Å². The molecule has 0 aliphatic carbocycles. The van der Waals surface area contributed by atoms with Crippen LogP contribution in [0.3, 0.4) is 0 Å². The van der Waals surface area contributed by atoms with Crippen molar-refractivity contribution in [3.05, 3.63) is 101 Å². The van der Waals surface area contributed by atoms with E-state index in [1.807, 2.05) is 12.1 Å². The fraction of sp³-hybridized carbons (Fsp3) is 0.296. The summed E-state index contributed by atoms with van der Waals surface area (Å²) in [7, 11) is 0. The molecule has 4 N–H and O–H groups in total. The van der Waals surface area contributed by atoms with E-state index in [1.54, 1.807) is 12.1 Å². The van der Waals surface area contributed by atoms with Crippen molar-refractivity contribution < 1.29 is 23.8 Å². The first-order valence-corrected chi connectivity index (χ1v) is 11.3. The summed E-state index contributed by atoms with van der Waals surface area (Å²) in [5.74, 6) is -1.76. The smallest absolute Gasteiger partial charge is 0.224 e. The van der Waals surface area contributed by atoms with Crippen molar-refractivity contribution in [3.8, 4) is 5.75 Å². The van der Waals surface area contributed by atoms with Gasteiger partial charge in [0, 0.05) is 19.2 Å². The lowest BCUT2D eigenvalue weighted by Gasteiger charge is -2.25. The highest BCUT2D eigenvalue weighted by Gasteiger charge is 2.22. The molecule has 0 aliphatic heterocycles. The average molecular weight is 469 g/mol. The van der Waals surface area contributed by atoms with Crippen LogP contribution in [0.15, 0.2) is 66.7 Å². The summed E-state index contributed by atoms with van der Waals surface area (Å²) in [5, 5.41) is 26.4. The van der Waals surface area contributed by atoms with Crippen LogP contribution in [-0.4, -0.2) is 34.8 Å². The molecule has 3 aromatic carbocycles. The van der Waals surface area contributed by atoms with Crippen molar-refractivity contribution in [1.29, 1.82) is 0 Å². The Balaban J connectivity index is 1.66. The van der Waals surface area contributed by atoms with Crippen molar-refractivity contribution in [3.63, 3.8) is 0 Å². The first-order chi connectivity index (χ1) is 16.3. The van der Waals surface area contributed by atoms with Gasteiger partial charge >= 0.3 is 0 Å². The molecule has 7 heteroatoms. The lowest BCUT2D eigenvalue weighted by molar-refractivity contribution is -0.122. The van der Waals surface area contributed by atoms with E-state index in [9.17, 15) is 23.8 Å². The van der Waals surface area contributed by atoms with Gasteiger partial charge in [-0.1, -0.05) is 43.3 Å². The molecule has 0 unspecified atom stereocenters. The molecule has 1 amide bonds. The van der Waals surface area contributed by atoms with Gasteiger partial charge in [0.25, 0.3) is 0 Å². The number of phenols is 1. The summed E-state index contributed by atoms with van der Waals surface area (Å²) >= 11 is 0. The Bertz CT molecular complexity index is 1090. The van der Waals surface area contributed by atoms with Crippen LogP contribution in [0, 0.1) is 11.6 Å². The molecule has 0 fully saturated rings. The number of halogens is 2. The Hall–Kier alpha value is -3.29. The molecule has 3 rings (SSSR count). The van der Waals surface area contributed by atoms with Crippen molar-refractivity contribution in [2.45, 2.75) is 44.9 Å². The molecule has 34 heavy (non-hydrogen) atoms.